The molecular weight excluding hydrogens is 382 g/mol. The van der Waals surface area contributed by atoms with Gasteiger partial charge in [0.1, 0.15) is 11.3 Å². The summed E-state index contributed by atoms with van der Waals surface area (Å²) in [5.41, 5.74) is 2.25. The molecule has 6 nitrogen and oxygen atoms in total. The molecule has 4 aromatic rings. The molecule has 0 saturated carbocycles. The number of hydrogen-bond acceptors (Lipinski definition) is 6. The summed E-state index contributed by atoms with van der Waals surface area (Å²) in [5, 5.41) is 4.75. The van der Waals surface area contributed by atoms with E-state index in [-0.39, 0.29) is 5.78 Å². The number of hydrogen-bond donors (Lipinski definition) is 0. The summed E-state index contributed by atoms with van der Waals surface area (Å²) in [7, 11) is 1.55. The first-order valence-electron chi connectivity index (χ1n) is 9.41. The van der Waals surface area contributed by atoms with E-state index >= 15 is 0 Å². The SMILES string of the molecule is COc1ccc(C(=O)[C@H](C)OC(=O)c2ccc3noc(-c4ccccc4)c3c2)cc1. The third-order valence-corrected chi connectivity index (χ3v) is 4.78. The van der Waals surface area contributed by atoms with Crippen LogP contribution in [0.2, 0.25) is 0 Å². The molecule has 0 amide bonds. The van der Waals surface area contributed by atoms with Gasteiger partial charge in [0.25, 0.3) is 0 Å². The first kappa shape index (κ1) is 19.4. The maximum Gasteiger partial charge on any atom is 0.338 e. The molecule has 0 unspecified atom stereocenters. The van der Waals surface area contributed by atoms with Gasteiger partial charge in [-0.25, -0.2) is 4.79 Å². The van der Waals surface area contributed by atoms with E-state index in [1.54, 1.807) is 56.5 Å². The number of Topliss-reactive ketones (excluding diaryl/α,β-unsaturated/α-hetero) is 1. The highest BCUT2D eigenvalue weighted by molar-refractivity contribution is 6.03. The predicted octanol–water partition coefficient (Wildman–Crippen LogP) is 4.93. The van der Waals surface area contributed by atoms with E-state index in [1.807, 2.05) is 30.3 Å². The molecule has 0 spiro atoms. The van der Waals surface area contributed by atoms with Crippen LogP contribution in [0, 0.1) is 0 Å². The number of methoxy groups -OCH3 is 1. The van der Waals surface area contributed by atoms with Crippen LogP contribution in [-0.4, -0.2) is 30.1 Å². The third-order valence-electron chi connectivity index (χ3n) is 4.78. The molecule has 6 heteroatoms. The number of carbonyl (C=O) groups excluding carboxylic acids is 2. The summed E-state index contributed by atoms with van der Waals surface area (Å²) in [6.45, 7) is 1.55. The fraction of sp³-hybridized carbons (Fsp3) is 0.125. The quantitative estimate of drug-likeness (QED) is 0.337. The van der Waals surface area contributed by atoms with Gasteiger partial charge in [-0.1, -0.05) is 35.5 Å². The molecule has 1 aromatic heterocycles. The largest absolute Gasteiger partial charge is 0.497 e. The summed E-state index contributed by atoms with van der Waals surface area (Å²) in [6.07, 6.45) is -0.933. The molecule has 0 N–H and O–H groups in total. The zero-order valence-corrected chi connectivity index (χ0v) is 16.5. The minimum Gasteiger partial charge on any atom is -0.497 e. The van der Waals surface area contributed by atoms with Crippen molar-refractivity contribution in [3.05, 3.63) is 83.9 Å². The van der Waals surface area contributed by atoms with Crippen LogP contribution in [0.3, 0.4) is 0 Å². The number of carbonyl (C=O) groups is 2. The van der Waals surface area contributed by atoms with Crippen LogP contribution in [0.1, 0.15) is 27.6 Å². The third kappa shape index (κ3) is 3.80. The van der Waals surface area contributed by atoms with Gasteiger partial charge in [0.2, 0.25) is 5.78 Å². The fourth-order valence-electron chi connectivity index (χ4n) is 3.14. The van der Waals surface area contributed by atoms with Gasteiger partial charge >= 0.3 is 5.97 Å². The first-order valence-corrected chi connectivity index (χ1v) is 9.41. The van der Waals surface area contributed by atoms with Gasteiger partial charge in [-0.2, -0.15) is 0 Å². The van der Waals surface area contributed by atoms with Crippen molar-refractivity contribution in [2.24, 2.45) is 0 Å². The zero-order chi connectivity index (χ0) is 21.1. The van der Waals surface area contributed by atoms with Crippen molar-refractivity contribution in [3.8, 4) is 17.1 Å². The lowest BCUT2D eigenvalue weighted by Gasteiger charge is -2.12. The minimum atomic E-state index is -0.933. The van der Waals surface area contributed by atoms with Crippen molar-refractivity contribution < 1.29 is 23.6 Å². The molecule has 150 valence electrons. The molecular formula is C24H19NO5. The number of fused-ring (bicyclic) bond motifs is 1. The van der Waals surface area contributed by atoms with Crippen molar-refractivity contribution >= 4 is 22.7 Å². The average molecular weight is 401 g/mol. The maximum atomic E-state index is 12.7. The van der Waals surface area contributed by atoms with Crippen molar-refractivity contribution in [3.63, 3.8) is 0 Å². The number of rotatable bonds is 6. The van der Waals surface area contributed by atoms with Gasteiger partial charge in [-0.3, -0.25) is 4.79 Å². The van der Waals surface area contributed by atoms with E-state index in [1.165, 1.54) is 0 Å². The lowest BCUT2D eigenvalue weighted by atomic mass is 10.1. The monoisotopic (exact) mass is 401 g/mol. The fourth-order valence-corrected chi connectivity index (χ4v) is 3.14. The molecule has 4 rings (SSSR count). The number of aromatic nitrogens is 1. The van der Waals surface area contributed by atoms with Gasteiger partial charge in [0, 0.05) is 11.1 Å². The summed E-state index contributed by atoms with van der Waals surface area (Å²) < 4.78 is 16.0. The standard InChI is InChI=1S/C24H19NO5/c1-15(22(26)16-8-11-19(28-2)12-9-16)29-24(27)18-10-13-21-20(14-18)23(30-25-21)17-6-4-3-5-7-17/h3-15H,1-2H3/t15-/m0/s1. The van der Waals surface area contributed by atoms with Gasteiger partial charge in [0.05, 0.1) is 18.1 Å². The Morgan fingerprint density at radius 2 is 1.63 bits per heavy atom. The van der Waals surface area contributed by atoms with Crippen LogP contribution < -0.4 is 4.74 Å². The van der Waals surface area contributed by atoms with Crippen molar-refractivity contribution in [2.45, 2.75) is 13.0 Å². The van der Waals surface area contributed by atoms with Gasteiger partial charge in [-0.15, -0.1) is 0 Å². The molecule has 0 aliphatic heterocycles. The van der Waals surface area contributed by atoms with E-state index in [2.05, 4.69) is 5.16 Å². The highest BCUT2D eigenvalue weighted by atomic mass is 16.5. The van der Waals surface area contributed by atoms with Crippen LogP contribution in [0.5, 0.6) is 5.75 Å². The minimum absolute atomic E-state index is 0.290. The Morgan fingerprint density at radius 1 is 0.933 bits per heavy atom. The van der Waals surface area contributed by atoms with Gasteiger partial charge < -0.3 is 14.0 Å². The highest BCUT2D eigenvalue weighted by Gasteiger charge is 2.21. The number of ether oxygens (including phenoxy) is 2. The van der Waals surface area contributed by atoms with E-state index in [0.29, 0.717) is 33.5 Å². The molecule has 0 aliphatic carbocycles. The van der Waals surface area contributed by atoms with Crippen molar-refractivity contribution in [2.75, 3.05) is 7.11 Å². The molecule has 0 fully saturated rings. The van der Waals surface area contributed by atoms with Gasteiger partial charge in [-0.05, 0) is 49.4 Å². The van der Waals surface area contributed by atoms with Crippen molar-refractivity contribution in [1.82, 2.24) is 5.16 Å². The topological polar surface area (TPSA) is 78.6 Å². The lowest BCUT2D eigenvalue weighted by Crippen LogP contribution is -2.24. The average Bonchev–Trinajstić information content (AvgIpc) is 3.22. The molecule has 3 aromatic carbocycles. The van der Waals surface area contributed by atoms with Crippen LogP contribution in [0.25, 0.3) is 22.2 Å². The Labute approximate surface area is 173 Å². The maximum absolute atomic E-state index is 12.7. The second-order valence-electron chi connectivity index (χ2n) is 6.75. The molecule has 1 atom stereocenters. The van der Waals surface area contributed by atoms with E-state index in [9.17, 15) is 9.59 Å². The zero-order valence-electron chi connectivity index (χ0n) is 16.5. The van der Waals surface area contributed by atoms with Crippen LogP contribution in [-0.2, 0) is 4.74 Å². The first-order chi connectivity index (χ1) is 14.6. The Kier molecular flexibility index (Phi) is 5.30. The Morgan fingerprint density at radius 3 is 2.33 bits per heavy atom. The summed E-state index contributed by atoms with van der Waals surface area (Å²) in [6, 6.07) is 21.1. The normalized spacial score (nSPS) is 11.8. The molecule has 1 heterocycles. The van der Waals surface area contributed by atoms with E-state index < -0.39 is 12.1 Å². The van der Waals surface area contributed by atoms with Gasteiger partial charge in [0.15, 0.2) is 11.9 Å². The Hall–Kier alpha value is -3.93. The number of nitrogens with zero attached hydrogens (tertiary/aromatic N) is 1. The molecule has 30 heavy (non-hydrogen) atoms. The van der Waals surface area contributed by atoms with Crippen LogP contribution in [0.15, 0.2) is 77.3 Å². The summed E-state index contributed by atoms with van der Waals surface area (Å²) >= 11 is 0. The second kappa shape index (κ2) is 8.21. The predicted molar refractivity (Wildman–Crippen MR) is 112 cm³/mol. The Balaban J connectivity index is 1.54. The second-order valence-corrected chi connectivity index (χ2v) is 6.75. The molecule has 0 aliphatic rings. The highest BCUT2D eigenvalue weighted by Crippen LogP contribution is 2.29. The molecule has 0 bridgehead atoms. The van der Waals surface area contributed by atoms with E-state index in [4.69, 9.17) is 14.0 Å². The molecule has 0 radical (unpaired) electrons. The van der Waals surface area contributed by atoms with Crippen LogP contribution in [0.4, 0.5) is 0 Å². The summed E-state index contributed by atoms with van der Waals surface area (Å²) in [4.78, 5) is 25.2. The van der Waals surface area contributed by atoms with Crippen molar-refractivity contribution in [1.29, 1.82) is 0 Å². The van der Waals surface area contributed by atoms with E-state index in [0.717, 1.165) is 5.56 Å². The number of ketones is 1. The summed E-state index contributed by atoms with van der Waals surface area (Å²) in [5.74, 6) is 0.337. The number of esters is 1. The smallest absolute Gasteiger partial charge is 0.338 e. The molecule has 0 saturated heterocycles. The van der Waals surface area contributed by atoms with Crippen LogP contribution >= 0.6 is 0 Å². The Bertz CT molecular complexity index is 1200. The lowest BCUT2D eigenvalue weighted by molar-refractivity contribution is 0.0319. The number of benzene rings is 3.